The van der Waals surface area contributed by atoms with Gasteiger partial charge in [0, 0.05) is 12.8 Å². The molecule has 1 aromatic carbocycles. The van der Waals surface area contributed by atoms with E-state index in [4.69, 9.17) is 9.15 Å². The highest BCUT2D eigenvalue weighted by atomic mass is 16.6. The lowest BCUT2D eigenvalue weighted by atomic mass is 10.1. The minimum Gasteiger partial charge on any atom is -0.444 e. The lowest BCUT2D eigenvalue weighted by Gasteiger charge is -2.19. The molecule has 6 nitrogen and oxygen atoms in total. The number of ether oxygens (including phenoxy) is 1. The number of oxazole rings is 1. The van der Waals surface area contributed by atoms with Gasteiger partial charge >= 0.3 is 6.09 Å². The fourth-order valence-corrected chi connectivity index (χ4v) is 2.46. The molecule has 1 aromatic heterocycles. The molecule has 0 radical (unpaired) electrons. The van der Waals surface area contributed by atoms with E-state index in [1.807, 2.05) is 18.2 Å². The first-order chi connectivity index (χ1) is 12.3. The van der Waals surface area contributed by atoms with Crippen LogP contribution < -0.4 is 5.32 Å². The van der Waals surface area contributed by atoms with Crippen molar-refractivity contribution in [1.29, 1.82) is 0 Å². The van der Waals surface area contributed by atoms with Crippen molar-refractivity contribution in [3.8, 4) is 0 Å². The van der Waals surface area contributed by atoms with Gasteiger partial charge in [-0.25, -0.2) is 9.78 Å². The van der Waals surface area contributed by atoms with E-state index in [1.54, 1.807) is 20.8 Å². The topological polar surface area (TPSA) is 81.4 Å². The number of amides is 1. The van der Waals surface area contributed by atoms with Gasteiger partial charge in [0.25, 0.3) is 0 Å². The Kier molecular flexibility index (Phi) is 6.77. The van der Waals surface area contributed by atoms with Gasteiger partial charge in [-0.2, -0.15) is 0 Å². The second-order valence-electron chi connectivity index (χ2n) is 7.41. The van der Waals surface area contributed by atoms with Crippen molar-refractivity contribution in [3.05, 3.63) is 29.7 Å². The zero-order valence-corrected chi connectivity index (χ0v) is 16.1. The summed E-state index contributed by atoms with van der Waals surface area (Å²) in [5, 5.41) is 2.49. The molecule has 1 heterocycles. The number of ketones is 1. The van der Waals surface area contributed by atoms with E-state index < -0.39 is 11.7 Å². The van der Waals surface area contributed by atoms with Gasteiger partial charge in [0.15, 0.2) is 17.3 Å². The molecule has 2 aromatic rings. The molecule has 2 rings (SSSR count). The van der Waals surface area contributed by atoms with Crippen molar-refractivity contribution >= 4 is 23.0 Å². The second kappa shape index (κ2) is 8.83. The number of unbranched alkanes of at least 4 members (excludes halogenated alkanes) is 1. The maximum absolute atomic E-state index is 12.0. The van der Waals surface area contributed by atoms with Crippen molar-refractivity contribution in [3.63, 3.8) is 0 Å². The van der Waals surface area contributed by atoms with Gasteiger partial charge in [0.1, 0.15) is 11.1 Å². The van der Waals surface area contributed by atoms with Crippen LogP contribution in [0.5, 0.6) is 0 Å². The number of hydrogen-bond acceptors (Lipinski definition) is 5. The number of fused-ring (bicyclic) bond motifs is 1. The van der Waals surface area contributed by atoms with Crippen LogP contribution in [-0.4, -0.2) is 29.0 Å². The molecule has 0 spiro atoms. The Morgan fingerprint density at radius 3 is 2.69 bits per heavy atom. The van der Waals surface area contributed by atoms with E-state index in [0.29, 0.717) is 12.8 Å². The lowest BCUT2D eigenvalue weighted by Crippen LogP contribution is -2.35. The average Bonchev–Trinajstić information content (AvgIpc) is 2.96. The van der Waals surface area contributed by atoms with E-state index in [9.17, 15) is 9.59 Å². The Morgan fingerprint density at radius 1 is 1.23 bits per heavy atom. The fraction of sp³-hybridized carbons (Fsp3) is 0.550. The third-order valence-electron chi connectivity index (χ3n) is 3.76. The van der Waals surface area contributed by atoms with Crippen LogP contribution in [0, 0.1) is 0 Å². The van der Waals surface area contributed by atoms with Gasteiger partial charge in [-0.05, 0) is 51.3 Å². The Balaban J connectivity index is 1.83. The molecular weight excluding hydrogens is 332 g/mol. The molecule has 0 aliphatic heterocycles. The van der Waals surface area contributed by atoms with E-state index in [0.717, 1.165) is 41.8 Å². The van der Waals surface area contributed by atoms with Crippen LogP contribution >= 0.6 is 0 Å². The lowest BCUT2D eigenvalue weighted by molar-refractivity contribution is -0.118. The van der Waals surface area contributed by atoms with Crippen LogP contribution in [0.1, 0.15) is 58.4 Å². The molecule has 0 aliphatic rings. The Hall–Kier alpha value is -2.37. The van der Waals surface area contributed by atoms with Crippen LogP contribution in [0.4, 0.5) is 4.79 Å². The highest BCUT2D eigenvalue weighted by molar-refractivity contribution is 5.84. The summed E-state index contributed by atoms with van der Waals surface area (Å²) >= 11 is 0. The van der Waals surface area contributed by atoms with Crippen molar-refractivity contribution < 1.29 is 18.7 Å². The fourth-order valence-electron chi connectivity index (χ4n) is 2.46. The molecule has 0 atom stereocenters. The van der Waals surface area contributed by atoms with Crippen LogP contribution in [-0.2, 0) is 22.4 Å². The highest BCUT2D eigenvalue weighted by Crippen LogP contribution is 2.19. The number of nitrogens with zero attached hydrogens (tertiary/aromatic N) is 1. The van der Waals surface area contributed by atoms with Crippen LogP contribution in [0.25, 0.3) is 11.1 Å². The SMILES string of the molecule is CCCCc1nc2ccc(CCC(=O)CNC(=O)OC(C)(C)C)cc2o1. The molecule has 0 aliphatic carbocycles. The first-order valence-electron chi connectivity index (χ1n) is 9.13. The number of carbonyl (C=O) groups is 2. The molecule has 26 heavy (non-hydrogen) atoms. The number of rotatable bonds is 8. The zero-order chi connectivity index (χ0) is 19.2. The van der Waals surface area contributed by atoms with Gasteiger partial charge in [-0.15, -0.1) is 0 Å². The van der Waals surface area contributed by atoms with Crippen LogP contribution in [0.3, 0.4) is 0 Å². The largest absolute Gasteiger partial charge is 0.444 e. The molecular formula is C20H28N2O4. The predicted molar refractivity (Wildman–Crippen MR) is 100 cm³/mol. The normalized spacial score (nSPS) is 11.5. The van der Waals surface area contributed by atoms with Crippen molar-refractivity contribution in [2.75, 3.05) is 6.54 Å². The Bertz CT molecular complexity index is 759. The third kappa shape index (κ3) is 6.50. The summed E-state index contributed by atoms with van der Waals surface area (Å²) in [6, 6.07) is 5.82. The highest BCUT2D eigenvalue weighted by Gasteiger charge is 2.16. The number of aryl methyl sites for hydroxylation is 2. The summed E-state index contributed by atoms with van der Waals surface area (Å²) in [6.07, 6.45) is 3.36. The summed E-state index contributed by atoms with van der Waals surface area (Å²) in [6.45, 7) is 7.45. The number of nitrogens with one attached hydrogen (secondary N) is 1. The van der Waals surface area contributed by atoms with Gasteiger partial charge in [0.05, 0.1) is 6.54 Å². The van der Waals surface area contributed by atoms with Gasteiger partial charge in [0.2, 0.25) is 0 Å². The molecule has 0 bridgehead atoms. The van der Waals surface area contributed by atoms with Crippen molar-refractivity contribution in [2.45, 2.75) is 65.4 Å². The Labute approximate surface area is 154 Å². The minimum absolute atomic E-state index is 0.0272. The molecule has 1 N–H and O–H groups in total. The first-order valence-corrected chi connectivity index (χ1v) is 9.13. The van der Waals surface area contributed by atoms with Crippen molar-refractivity contribution in [1.82, 2.24) is 10.3 Å². The summed E-state index contributed by atoms with van der Waals surface area (Å²) in [4.78, 5) is 28.0. The van der Waals surface area contributed by atoms with E-state index >= 15 is 0 Å². The molecule has 0 saturated carbocycles. The van der Waals surface area contributed by atoms with Gasteiger partial charge < -0.3 is 14.5 Å². The maximum Gasteiger partial charge on any atom is 0.408 e. The van der Waals surface area contributed by atoms with E-state index in [1.165, 1.54) is 0 Å². The smallest absolute Gasteiger partial charge is 0.408 e. The Morgan fingerprint density at radius 2 is 2.00 bits per heavy atom. The van der Waals surface area contributed by atoms with E-state index in [2.05, 4.69) is 17.2 Å². The second-order valence-corrected chi connectivity index (χ2v) is 7.41. The number of alkyl carbamates (subject to hydrolysis) is 1. The first kappa shape index (κ1) is 19.9. The summed E-state index contributed by atoms with van der Waals surface area (Å²) < 4.78 is 10.9. The number of aromatic nitrogens is 1. The quantitative estimate of drug-likeness (QED) is 0.763. The molecule has 0 fully saturated rings. The van der Waals surface area contributed by atoms with E-state index in [-0.39, 0.29) is 12.3 Å². The van der Waals surface area contributed by atoms with Crippen LogP contribution in [0.2, 0.25) is 0 Å². The zero-order valence-electron chi connectivity index (χ0n) is 16.1. The summed E-state index contributed by atoms with van der Waals surface area (Å²) in [5.41, 5.74) is 2.04. The van der Waals surface area contributed by atoms with Gasteiger partial charge in [-0.1, -0.05) is 19.4 Å². The standard InChI is InChI=1S/C20H28N2O4/c1-5-6-7-18-22-16-11-9-14(12-17(16)25-18)8-10-15(23)13-21-19(24)26-20(2,3)4/h9,11-12H,5-8,10,13H2,1-4H3,(H,21,24). The number of Topliss-reactive ketones (excluding diaryl/α,β-unsaturated/α-hetero) is 1. The minimum atomic E-state index is -0.575. The molecule has 6 heteroatoms. The number of carbonyl (C=O) groups excluding carboxylic acids is 2. The average molecular weight is 360 g/mol. The predicted octanol–water partition coefficient (Wildman–Crippen LogP) is 4.20. The van der Waals surface area contributed by atoms with Crippen molar-refractivity contribution in [2.24, 2.45) is 0 Å². The number of hydrogen-bond donors (Lipinski definition) is 1. The molecule has 1 amide bonds. The maximum atomic E-state index is 12.0. The molecule has 0 unspecified atom stereocenters. The van der Waals surface area contributed by atoms with Gasteiger partial charge in [-0.3, -0.25) is 4.79 Å². The summed E-state index contributed by atoms with van der Waals surface area (Å²) in [7, 11) is 0. The van der Waals surface area contributed by atoms with Crippen LogP contribution in [0.15, 0.2) is 22.6 Å². The molecule has 0 saturated heterocycles. The monoisotopic (exact) mass is 360 g/mol. The third-order valence-corrected chi connectivity index (χ3v) is 3.76. The number of benzene rings is 1. The molecule has 142 valence electrons. The summed E-state index contributed by atoms with van der Waals surface area (Å²) in [5.74, 6) is 0.716.